The monoisotopic (exact) mass is 192 g/mol. The van der Waals surface area contributed by atoms with Gasteiger partial charge in [-0.1, -0.05) is 11.6 Å². The highest BCUT2D eigenvalue weighted by molar-refractivity contribution is 6.49. The third-order valence-electron chi connectivity index (χ3n) is 1.42. The van der Waals surface area contributed by atoms with Crippen LogP contribution in [0.1, 0.15) is 0 Å². The van der Waals surface area contributed by atoms with E-state index in [1.165, 1.54) is 12.1 Å². The average Bonchev–Trinajstić information content (AvgIpc) is 2.10. The van der Waals surface area contributed by atoms with Gasteiger partial charge in [-0.05, 0) is 0 Å². The summed E-state index contributed by atoms with van der Waals surface area (Å²) in [6.07, 6.45) is 0.837. The molecule has 0 atom stereocenters. The smallest absolute Gasteiger partial charge is 0.216 e. The van der Waals surface area contributed by atoms with Crippen molar-refractivity contribution in [1.29, 1.82) is 10.5 Å². The fourth-order valence-electron chi connectivity index (χ4n) is 0.827. The Kier molecular flexibility index (Phi) is 2.27. The summed E-state index contributed by atoms with van der Waals surface area (Å²) in [4.78, 5) is 22.1. The van der Waals surface area contributed by atoms with Crippen LogP contribution >= 0.6 is 11.6 Å². The molecule has 13 heavy (non-hydrogen) atoms. The molecule has 62 valence electrons. The molecule has 1 aliphatic rings. The van der Waals surface area contributed by atoms with Crippen LogP contribution in [0.3, 0.4) is 0 Å². The molecule has 0 saturated heterocycles. The van der Waals surface area contributed by atoms with Gasteiger partial charge in [0.25, 0.3) is 0 Å². The van der Waals surface area contributed by atoms with Crippen molar-refractivity contribution in [3.8, 4) is 12.1 Å². The third kappa shape index (κ3) is 1.35. The predicted molar refractivity (Wildman–Crippen MR) is 42.2 cm³/mol. The highest BCUT2D eigenvalue weighted by Gasteiger charge is 2.27. The maximum atomic E-state index is 11.1. The quantitative estimate of drug-likeness (QED) is 0.527. The average molecular weight is 193 g/mol. The first kappa shape index (κ1) is 9.18. The van der Waals surface area contributed by atoms with Crippen LogP contribution < -0.4 is 0 Å². The van der Waals surface area contributed by atoms with Gasteiger partial charge in [-0.3, -0.25) is 9.59 Å². The van der Waals surface area contributed by atoms with Gasteiger partial charge in [-0.15, -0.1) is 0 Å². The molecular formula is C8HClN2O2. The molecular weight excluding hydrogens is 192 g/mol. The summed E-state index contributed by atoms with van der Waals surface area (Å²) in [5.74, 6) is -1.48. The van der Waals surface area contributed by atoms with Crippen LogP contribution in [-0.4, -0.2) is 11.6 Å². The molecule has 0 fully saturated rings. The zero-order valence-electron chi connectivity index (χ0n) is 6.17. The molecule has 0 aromatic rings. The minimum absolute atomic E-state index is 0.333. The molecule has 0 bridgehead atoms. The summed E-state index contributed by atoms with van der Waals surface area (Å²) in [6, 6.07) is 2.97. The van der Waals surface area contributed by atoms with Crippen molar-refractivity contribution in [3.63, 3.8) is 0 Å². The van der Waals surface area contributed by atoms with E-state index >= 15 is 0 Å². The number of ketones is 2. The van der Waals surface area contributed by atoms with Gasteiger partial charge in [0.1, 0.15) is 23.3 Å². The van der Waals surface area contributed by atoms with Crippen molar-refractivity contribution in [2.75, 3.05) is 0 Å². The van der Waals surface area contributed by atoms with Gasteiger partial charge in [0.2, 0.25) is 5.78 Å². The second kappa shape index (κ2) is 3.22. The van der Waals surface area contributed by atoms with Crippen LogP contribution in [0.5, 0.6) is 0 Å². The Labute approximate surface area is 78.3 Å². The number of hydrogen-bond acceptors (Lipinski definition) is 4. The van der Waals surface area contributed by atoms with Crippen molar-refractivity contribution in [2.45, 2.75) is 0 Å². The van der Waals surface area contributed by atoms with Crippen LogP contribution in [0.25, 0.3) is 0 Å². The molecule has 0 heterocycles. The molecule has 1 aliphatic carbocycles. The van der Waals surface area contributed by atoms with Gasteiger partial charge in [0.15, 0.2) is 5.78 Å². The Bertz CT molecular complexity index is 446. The molecule has 5 heteroatoms. The third-order valence-corrected chi connectivity index (χ3v) is 1.70. The number of Topliss-reactive ketones (excluding diaryl/α,β-unsaturated/α-hetero) is 1. The SMILES string of the molecule is N#CC1=C(C#N)C(=O)C(Cl)=CC1=O. The number of nitriles is 2. The molecule has 0 aromatic carbocycles. The van der Waals surface area contributed by atoms with Gasteiger partial charge in [0.05, 0.1) is 5.03 Å². The first-order valence-corrected chi connectivity index (χ1v) is 3.50. The van der Waals surface area contributed by atoms with E-state index in [9.17, 15) is 9.59 Å². The van der Waals surface area contributed by atoms with E-state index in [1.807, 2.05) is 0 Å². The van der Waals surface area contributed by atoms with Crippen molar-refractivity contribution >= 4 is 23.2 Å². The summed E-state index contributed by atoms with van der Waals surface area (Å²) in [6.45, 7) is 0. The number of allylic oxidation sites excluding steroid dienone is 4. The van der Waals surface area contributed by atoms with Crippen molar-refractivity contribution in [1.82, 2.24) is 0 Å². The number of halogens is 1. The number of nitrogens with zero attached hydrogens (tertiary/aromatic N) is 2. The van der Waals surface area contributed by atoms with Crippen molar-refractivity contribution in [2.24, 2.45) is 0 Å². The van der Waals surface area contributed by atoms with Crippen LogP contribution in [0.15, 0.2) is 22.3 Å². The second-order valence-corrected chi connectivity index (χ2v) is 2.57. The van der Waals surface area contributed by atoms with E-state index in [0.717, 1.165) is 6.08 Å². The van der Waals surface area contributed by atoms with E-state index < -0.39 is 22.7 Å². The predicted octanol–water partition coefficient (Wildman–Crippen LogP) is 0.605. The Hall–Kier alpha value is -1.91. The van der Waals surface area contributed by atoms with Crippen LogP contribution in [0, 0.1) is 22.7 Å². The highest BCUT2D eigenvalue weighted by Crippen LogP contribution is 2.20. The molecule has 0 aromatic heterocycles. The molecule has 4 nitrogen and oxygen atoms in total. The van der Waals surface area contributed by atoms with Gasteiger partial charge in [-0.2, -0.15) is 10.5 Å². The van der Waals surface area contributed by atoms with E-state index in [0.29, 0.717) is 0 Å². The second-order valence-electron chi connectivity index (χ2n) is 2.16. The summed E-state index contributed by atoms with van der Waals surface area (Å²) < 4.78 is 0. The Morgan fingerprint density at radius 3 is 2.15 bits per heavy atom. The molecule has 1 rings (SSSR count). The Morgan fingerprint density at radius 1 is 1.15 bits per heavy atom. The highest BCUT2D eigenvalue weighted by atomic mass is 35.5. The number of carbonyl (C=O) groups is 2. The lowest BCUT2D eigenvalue weighted by Gasteiger charge is -2.04. The van der Waals surface area contributed by atoms with Gasteiger partial charge in [0, 0.05) is 6.08 Å². The lowest BCUT2D eigenvalue weighted by molar-refractivity contribution is -0.114. The number of rotatable bonds is 0. The van der Waals surface area contributed by atoms with E-state index in [4.69, 9.17) is 22.1 Å². The normalized spacial score (nSPS) is 16.4. The minimum Gasteiger partial charge on any atom is -0.288 e. The van der Waals surface area contributed by atoms with Crippen LogP contribution in [0.2, 0.25) is 0 Å². The van der Waals surface area contributed by atoms with E-state index in [2.05, 4.69) is 0 Å². The summed E-state index contributed by atoms with van der Waals surface area (Å²) >= 11 is 5.35. The fourth-order valence-corrected chi connectivity index (χ4v) is 1.02. The fraction of sp³-hybridized carbons (Fsp3) is 0. The molecule has 0 aliphatic heterocycles. The zero-order chi connectivity index (χ0) is 10.0. The molecule has 0 radical (unpaired) electrons. The number of carbonyl (C=O) groups excluding carboxylic acids is 2. The Balaban J connectivity index is 3.41. The summed E-state index contributed by atoms with van der Waals surface area (Å²) in [5.41, 5.74) is -0.933. The first-order valence-electron chi connectivity index (χ1n) is 3.12. The van der Waals surface area contributed by atoms with Gasteiger partial charge in [-0.25, -0.2) is 0 Å². The molecule has 0 spiro atoms. The topological polar surface area (TPSA) is 81.7 Å². The van der Waals surface area contributed by atoms with E-state index in [-0.39, 0.29) is 5.03 Å². The number of hydrogen-bond donors (Lipinski definition) is 0. The lowest BCUT2D eigenvalue weighted by atomic mass is 9.97. The zero-order valence-corrected chi connectivity index (χ0v) is 6.92. The van der Waals surface area contributed by atoms with Crippen LogP contribution in [-0.2, 0) is 9.59 Å². The molecule has 0 saturated carbocycles. The van der Waals surface area contributed by atoms with Crippen molar-refractivity contribution in [3.05, 3.63) is 22.3 Å². The van der Waals surface area contributed by atoms with Gasteiger partial charge >= 0.3 is 0 Å². The van der Waals surface area contributed by atoms with Crippen LogP contribution in [0.4, 0.5) is 0 Å². The summed E-state index contributed by atoms with van der Waals surface area (Å²) in [7, 11) is 0. The molecule has 0 unspecified atom stereocenters. The Morgan fingerprint density at radius 2 is 1.69 bits per heavy atom. The molecule has 0 N–H and O–H groups in total. The van der Waals surface area contributed by atoms with E-state index in [1.54, 1.807) is 0 Å². The maximum absolute atomic E-state index is 11.1. The van der Waals surface area contributed by atoms with Gasteiger partial charge < -0.3 is 0 Å². The molecule has 0 amide bonds. The standard InChI is InChI=1S/C8HClN2O2/c9-6-1-7(12)4(2-10)5(3-11)8(6)13/h1H. The lowest BCUT2D eigenvalue weighted by Crippen LogP contribution is -2.15. The minimum atomic E-state index is -0.777. The summed E-state index contributed by atoms with van der Waals surface area (Å²) in [5, 5.41) is 16.6. The van der Waals surface area contributed by atoms with Crippen molar-refractivity contribution < 1.29 is 9.59 Å². The first-order chi connectivity index (χ1) is 6.11. The largest absolute Gasteiger partial charge is 0.288 e. The maximum Gasteiger partial charge on any atom is 0.216 e.